The third kappa shape index (κ3) is 1.85. The minimum atomic E-state index is -0.842. The summed E-state index contributed by atoms with van der Waals surface area (Å²) in [5.41, 5.74) is -1.72. The molecule has 0 spiro atoms. The summed E-state index contributed by atoms with van der Waals surface area (Å²) in [7, 11) is 1.51. The SMILES string of the molecule is CNc1ccc(O)c2c1C(=O)c1c([N+](=O)[O-])ccc(O)c1C2=O. The van der Waals surface area contributed by atoms with E-state index in [2.05, 4.69) is 5.32 Å². The first-order valence-electron chi connectivity index (χ1n) is 6.52. The Morgan fingerprint density at radius 2 is 1.43 bits per heavy atom. The van der Waals surface area contributed by atoms with Gasteiger partial charge in [0.25, 0.3) is 5.69 Å². The largest absolute Gasteiger partial charge is 0.507 e. The van der Waals surface area contributed by atoms with Gasteiger partial charge in [0.1, 0.15) is 17.1 Å². The number of nitro benzene ring substituents is 1. The maximum absolute atomic E-state index is 12.7. The number of aromatic hydroxyl groups is 2. The first-order valence-corrected chi connectivity index (χ1v) is 6.52. The third-order valence-electron chi connectivity index (χ3n) is 3.72. The van der Waals surface area contributed by atoms with Crippen molar-refractivity contribution < 1.29 is 24.7 Å². The lowest BCUT2D eigenvalue weighted by Crippen LogP contribution is -2.23. The molecule has 0 aliphatic heterocycles. The molecule has 3 rings (SSSR count). The fraction of sp³-hybridized carbons (Fsp3) is 0.0667. The van der Waals surface area contributed by atoms with Crippen LogP contribution < -0.4 is 5.32 Å². The van der Waals surface area contributed by atoms with Crippen LogP contribution in [-0.2, 0) is 0 Å². The van der Waals surface area contributed by atoms with E-state index in [9.17, 15) is 29.9 Å². The number of anilines is 1. The number of fused-ring (bicyclic) bond motifs is 2. The molecule has 3 N–H and O–H groups in total. The van der Waals surface area contributed by atoms with Crippen LogP contribution in [0.25, 0.3) is 0 Å². The molecule has 1 aliphatic rings. The monoisotopic (exact) mass is 314 g/mol. The van der Waals surface area contributed by atoms with Gasteiger partial charge in [0.2, 0.25) is 11.6 Å². The molecule has 1 aliphatic carbocycles. The number of phenolic OH excluding ortho intramolecular Hbond substituents is 2. The maximum Gasteiger partial charge on any atom is 0.281 e. The van der Waals surface area contributed by atoms with Crippen molar-refractivity contribution in [3.8, 4) is 11.5 Å². The molecule has 8 nitrogen and oxygen atoms in total. The Kier molecular flexibility index (Phi) is 3.03. The summed E-state index contributed by atoms with van der Waals surface area (Å²) in [6.07, 6.45) is 0. The van der Waals surface area contributed by atoms with Gasteiger partial charge in [-0.05, 0) is 18.2 Å². The number of rotatable bonds is 2. The minimum absolute atomic E-state index is 0.154. The highest BCUT2D eigenvalue weighted by molar-refractivity contribution is 6.33. The number of nitrogens with one attached hydrogen (secondary N) is 1. The van der Waals surface area contributed by atoms with Crippen LogP contribution >= 0.6 is 0 Å². The fourth-order valence-electron chi connectivity index (χ4n) is 2.71. The molecule has 116 valence electrons. The molecule has 0 amide bonds. The third-order valence-corrected chi connectivity index (χ3v) is 3.72. The van der Waals surface area contributed by atoms with Crippen LogP contribution in [0.5, 0.6) is 11.5 Å². The van der Waals surface area contributed by atoms with E-state index in [0.717, 1.165) is 12.1 Å². The molecule has 0 heterocycles. The molecular formula is C15H10N2O6. The quantitative estimate of drug-likeness (QED) is 0.373. The molecular weight excluding hydrogens is 304 g/mol. The van der Waals surface area contributed by atoms with E-state index in [0.29, 0.717) is 0 Å². The second-order valence-electron chi connectivity index (χ2n) is 4.90. The van der Waals surface area contributed by atoms with E-state index >= 15 is 0 Å². The maximum atomic E-state index is 12.7. The van der Waals surface area contributed by atoms with Gasteiger partial charge in [-0.2, -0.15) is 0 Å². The van der Waals surface area contributed by atoms with Crippen LogP contribution in [0.4, 0.5) is 11.4 Å². The summed E-state index contributed by atoms with van der Waals surface area (Å²) in [6, 6.07) is 4.56. The number of phenols is 2. The number of nitrogens with zero attached hydrogens (tertiary/aromatic N) is 1. The second kappa shape index (κ2) is 4.80. The first-order chi connectivity index (χ1) is 10.9. The summed E-state index contributed by atoms with van der Waals surface area (Å²) in [4.78, 5) is 35.7. The Bertz CT molecular complexity index is 903. The smallest absolute Gasteiger partial charge is 0.281 e. The Balaban J connectivity index is 2.45. The number of benzene rings is 2. The van der Waals surface area contributed by atoms with E-state index in [1.165, 1.54) is 19.2 Å². The average molecular weight is 314 g/mol. The van der Waals surface area contributed by atoms with Gasteiger partial charge in [-0.1, -0.05) is 0 Å². The predicted octanol–water partition coefficient (Wildman–Crippen LogP) is 1.82. The lowest BCUT2D eigenvalue weighted by molar-refractivity contribution is -0.385. The van der Waals surface area contributed by atoms with Crippen LogP contribution in [0.1, 0.15) is 31.8 Å². The molecule has 0 saturated carbocycles. The van der Waals surface area contributed by atoms with Crippen molar-refractivity contribution in [2.75, 3.05) is 12.4 Å². The Morgan fingerprint density at radius 1 is 0.913 bits per heavy atom. The fourth-order valence-corrected chi connectivity index (χ4v) is 2.71. The topological polar surface area (TPSA) is 130 Å². The van der Waals surface area contributed by atoms with Gasteiger partial charge in [0.15, 0.2) is 0 Å². The molecule has 0 radical (unpaired) electrons. The number of ketones is 2. The molecule has 0 fully saturated rings. The Morgan fingerprint density at radius 3 is 2.00 bits per heavy atom. The van der Waals surface area contributed by atoms with Crippen LogP contribution in [-0.4, -0.2) is 33.8 Å². The first kappa shape index (κ1) is 14.5. The lowest BCUT2D eigenvalue weighted by Gasteiger charge is -2.21. The van der Waals surface area contributed by atoms with Gasteiger partial charge in [-0.15, -0.1) is 0 Å². The number of nitro groups is 1. The lowest BCUT2D eigenvalue weighted by atomic mass is 9.81. The molecule has 8 heteroatoms. The van der Waals surface area contributed by atoms with E-state index in [1.807, 2.05) is 0 Å². The Hall–Kier alpha value is -3.42. The molecule has 0 saturated heterocycles. The van der Waals surface area contributed by atoms with E-state index in [-0.39, 0.29) is 16.8 Å². The van der Waals surface area contributed by atoms with Crippen molar-refractivity contribution in [1.82, 2.24) is 0 Å². The molecule has 2 aromatic carbocycles. The van der Waals surface area contributed by atoms with Crippen molar-refractivity contribution in [3.05, 3.63) is 56.6 Å². The van der Waals surface area contributed by atoms with Crippen molar-refractivity contribution in [2.45, 2.75) is 0 Å². The van der Waals surface area contributed by atoms with Gasteiger partial charge < -0.3 is 15.5 Å². The minimum Gasteiger partial charge on any atom is -0.507 e. The van der Waals surface area contributed by atoms with Gasteiger partial charge in [-0.25, -0.2) is 0 Å². The molecule has 0 unspecified atom stereocenters. The van der Waals surface area contributed by atoms with Crippen LogP contribution in [0.15, 0.2) is 24.3 Å². The zero-order chi connectivity index (χ0) is 16.9. The van der Waals surface area contributed by atoms with Crippen LogP contribution in [0.3, 0.4) is 0 Å². The van der Waals surface area contributed by atoms with Crippen molar-refractivity contribution in [2.24, 2.45) is 0 Å². The normalized spacial score (nSPS) is 12.6. The molecule has 23 heavy (non-hydrogen) atoms. The standard InChI is InChI=1S/C15H10N2O6/c1-16-6-2-4-8(18)12-10(6)14(20)11-7(17(22)23)3-5-9(19)13(11)15(12)21/h2-5,16,18-19H,1H3. The van der Waals surface area contributed by atoms with Gasteiger partial charge >= 0.3 is 0 Å². The summed E-state index contributed by atoms with van der Waals surface area (Å²) in [5, 5.41) is 33.7. The van der Waals surface area contributed by atoms with Crippen LogP contribution in [0, 0.1) is 10.1 Å². The highest BCUT2D eigenvalue weighted by atomic mass is 16.6. The van der Waals surface area contributed by atoms with Gasteiger partial charge in [0.05, 0.1) is 21.6 Å². The summed E-state index contributed by atoms with van der Waals surface area (Å²) in [5.74, 6) is -2.64. The van der Waals surface area contributed by atoms with Crippen molar-refractivity contribution in [3.63, 3.8) is 0 Å². The van der Waals surface area contributed by atoms with E-state index in [1.54, 1.807) is 0 Å². The van der Waals surface area contributed by atoms with Crippen LogP contribution in [0.2, 0.25) is 0 Å². The van der Waals surface area contributed by atoms with E-state index in [4.69, 9.17) is 0 Å². The molecule has 0 bridgehead atoms. The highest BCUT2D eigenvalue weighted by Gasteiger charge is 2.40. The Labute approximate surface area is 129 Å². The van der Waals surface area contributed by atoms with Crippen molar-refractivity contribution in [1.29, 1.82) is 0 Å². The molecule has 0 aromatic heterocycles. The summed E-state index contributed by atoms with van der Waals surface area (Å²) >= 11 is 0. The average Bonchev–Trinajstić information content (AvgIpc) is 2.51. The van der Waals surface area contributed by atoms with Gasteiger partial charge in [0, 0.05) is 18.8 Å². The number of carbonyl (C=O) groups is 2. The second-order valence-corrected chi connectivity index (χ2v) is 4.90. The zero-order valence-electron chi connectivity index (χ0n) is 11.8. The summed E-state index contributed by atoms with van der Waals surface area (Å²) < 4.78 is 0. The highest BCUT2D eigenvalue weighted by Crippen LogP contribution is 2.42. The van der Waals surface area contributed by atoms with Crippen molar-refractivity contribution >= 4 is 22.9 Å². The number of carbonyl (C=O) groups excluding carboxylic acids is 2. The number of hydrogen-bond acceptors (Lipinski definition) is 7. The summed E-state index contributed by atoms with van der Waals surface area (Å²) in [6.45, 7) is 0. The molecule has 2 aromatic rings. The zero-order valence-corrected chi connectivity index (χ0v) is 11.8. The molecule has 0 atom stereocenters. The number of hydrogen-bond donors (Lipinski definition) is 3. The van der Waals surface area contributed by atoms with E-state index < -0.39 is 44.8 Å². The predicted molar refractivity (Wildman–Crippen MR) is 79.3 cm³/mol. The van der Waals surface area contributed by atoms with Gasteiger partial charge in [-0.3, -0.25) is 19.7 Å².